The van der Waals surface area contributed by atoms with Crippen LogP contribution in [0.2, 0.25) is 0 Å². The second-order valence-electron chi connectivity index (χ2n) is 4.75. The van der Waals surface area contributed by atoms with E-state index in [0.29, 0.717) is 12.1 Å². The molecule has 1 aliphatic heterocycles. The van der Waals surface area contributed by atoms with Gasteiger partial charge in [-0.3, -0.25) is 4.79 Å². The largest absolute Gasteiger partial charge is 0.326 e. The van der Waals surface area contributed by atoms with Crippen LogP contribution in [0, 0.1) is 5.82 Å². The van der Waals surface area contributed by atoms with Crippen molar-refractivity contribution >= 4 is 11.6 Å². The Labute approximate surface area is 113 Å². The van der Waals surface area contributed by atoms with Gasteiger partial charge in [0.15, 0.2) is 0 Å². The molecule has 104 valence electrons. The van der Waals surface area contributed by atoms with Gasteiger partial charge in [0, 0.05) is 38.3 Å². The van der Waals surface area contributed by atoms with Gasteiger partial charge >= 0.3 is 0 Å². The first-order valence-electron chi connectivity index (χ1n) is 6.72. The lowest BCUT2D eigenvalue weighted by molar-refractivity contribution is -0.116. The topological polar surface area (TPSA) is 44.4 Å². The molecule has 1 aliphatic rings. The minimum atomic E-state index is -0.335. The van der Waals surface area contributed by atoms with Gasteiger partial charge in [-0.25, -0.2) is 4.39 Å². The fourth-order valence-electron chi connectivity index (χ4n) is 2.19. The summed E-state index contributed by atoms with van der Waals surface area (Å²) in [7, 11) is 0. The van der Waals surface area contributed by atoms with Gasteiger partial charge in [0.2, 0.25) is 5.91 Å². The maximum atomic E-state index is 12.9. The molecule has 0 radical (unpaired) electrons. The third-order valence-electron chi connectivity index (χ3n) is 3.20. The molecular weight excluding hydrogens is 245 g/mol. The highest BCUT2D eigenvalue weighted by molar-refractivity contribution is 5.90. The molecular formula is C14H20FN3O. The smallest absolute Gasteiger partial charge is 0.224 e. The zero-order valence-electron chi connectivity index (χ0n) is 11.0. The summed E-state index contributed by atoms with van der Waals surface area (Å²) in [4.78, 5) is 14.1. The van der Waals surface area contributed by atoms with E-state index in [9.17, 15) is 9.18 Å². The number of benzene rings is 1. The lowest BCUT2D eigenvalue weighted by Crippen LogP contribution is -2.43. The summed E-state index contributed by atoms with van der Waals surface area (Å²) in [5.41, 5.74) is 0.521. The SMILES string of the molecule is O=C(CCCN1CCNCC1)Nc1cccc(F)c1. The summed E-state index contributed by atoms with van der Waals surface area (Å²) in [6.07, 6.45) is 1.31. The number of anilines is 1. The van der Waals surface area contributed by atoms with Crippen molar-refractivity contribution < 1.29 is 9.18 Å². The van der Waals surface area contributed by atoms with Crippen LogP contribution in [0.15, 0.2) is 24.3 Å². The molecule has 0 bridgehead atoms. The van der Waals surface area contributed by atoms with E-state index in [4.69, 9.17) is 0 Å². The Morgan fingerprint density at radius 3 is 2.89 bits per heavy atom. The third kappa shape index (κ3) is 4.96. The minimum Gasteiger partial charge on any atom is -0.326 e. The van der Waals surface area contributed by atoms with Crippen molar-refractivity contribution in [2.75, 3.05) is 38.0 Å². The minimum absolute atomic E-state index is 0.0549. The molecule has 0 saturated carbocycles. The standard InChI is InChI=1S/C14H20FN3O/c15-12-3-1-4-13(11-12)17-14(19)5-2-8-18-9-6-16-7-10-18/h1,3-4,11,16H,2,5-10H2,(H,17,19). The fraction of sp³-hybridized carbons (Fsp3) is 0.500. The molecule has 1 fully saturated rings. The van der Waals surface area contributed by atoms with Gasteiger partial charge in [0.25, 0.3) is 0 Å². The summed E-state index contributed by atoms with van der Waals surface area (Å²) in [6, 6.07) is 5.97. The Morgan fingerprint density at radius 1 is 1.37 bits per heavy atom. The molecule has 2 N–H and O–H groups in total. The van der Waals surface area contributed by atoms with Gasteiger partial charge in [-0.1, -0.05) is 6.07 Å². The Hall–Kier alpha value is -1.46. The van der Waals surface area contributed by atoms with E-state index in [0.717, 1.165) is 39.1 Å². The van der Waals surface area contributed by atoms with Gasteiger partial charge in [0.1, 0.15) is 5.82 Å². The number of nitrogens with zero attached hydrogens (tertiary/aromatic N) is 1. The molecule has 4 nitrogen and oxygen atoms in total. The first-order valence-corrected chi connectivity index (χ1v) is 6.72. The number of amides is 1. The first-order chi connectivity index (χ1) is 9.24. The van der Waals surface area contributed by atoms with E-state index < -0.39 is 0 Å². The third-order valence-corrected chi connectivity index (χ3v) is 3.20. The van der Waals surface area contributed by atoms with Gasteiger partial charge in [0.05, 0.1) is 0 Å². The second kappa shape index (κ2) is 7.21. The normalized spacial score (nSPS) is 16.3. The van der Waals surface area contributed by atoms with Crippen LogP contribution >= 0.6 is 0 Å². The lowest BCUT2D eigenvalue weighted by atomic mass is 10.2. The number of hydrogen-bond acceptors (Lipinski definition) is 3. The average Bonchev–Trinajstić information content (AvgIpc) is 2.40. The molecule has 0 aliphatic carbocycles. The molecule has 1 heterocycles. The Kier molecular flexibility index (Phi) is 5.30. The number of carbonyl (C=O) groups is 1. The van der Waals surface area contributed by atoms with Gasteiger partial charge < -0.3 is 15.5 Å². The monoisotopic (exact) mass is 265 g/mol. The molecule has 1 amide bonds. The van der Waals surface area contributed by atoms with Crippen LogP contribution in [-0.2, 0) is 4.79 Å². The molecule has 5 heteroatoms. The molecule has 0 spiro atoms. The zero-order valence-corrected chi connectivity index (χ0v) is 11.0. The number of piperazine rings is 1. The number of carbonyl (C=O) groups excluding carboxylic acids is 1. The molecule has 0 aromatic heterocycles. The van der Waals surface area contributed by atoms with Gasteiger partial charge in [-0.05, 0) is 31.2 Å². The van der Waals surface area contributed by atoms with Gasteiger partial charge in [-0.2, -0.15) is 0 Å². The summed E-state index contributed by atoms with van der Waals surface area (Å²) < 4.78 is 12.9. The Morgan fingerprint density at radius 2 is 2.16 bits per heavy atom. The molecule has 1 aromatic carbocycles. The lowest BCUT2D eigenvalue weighted by Gasteiger charge is -2.26. The van der Waals surface area contributed by atoms with Crippen LogP contribution in [0.25, 0.3) is 0 Å². The predicted molar refractivity (Wildman–Crippen MR) is 73.6 cm³/mol. The van der Waals surface area contributed by atoms with Crippen LogP contribution in [0.1, 0.15) is 12.8 Å². The highest BCUT2D eigenvalue weighted by Crippen LogP contribution is 2.09. The number of halogens is 1. The maximum absolute atomic E-state index is 12.9. The molecule has 0 unspecified atom stereocenters. The Bertz CT molecular complexity index is 419. The molecule has 1 aromatic rings. The highest BCUT2D eigenvalue weighted by Gasteiger charge is 2.10. The predicted octanol–water partition coefficient (Wildman–Crippen LogP) is 1.45. The van der Waals surface area contributed by atoms with Crippen molar-refractivity contribution in [2.24, 2.45) is 0 Å². The highest BCUT2D eigenvalue weighted by atomic mass is 19.1. The van der Waals surface area contributed by atoms with E-state index in [1.807, 2.05) is 0 Å². The molecule has 0 atom stereocenters. The van der Waals surface area contributed by atoms with Crippen LogP contribution in [0.4, 0.5) is 10.1 Å². The second-order valence-corrected chi connectivity index (χ2v) is 4.75. The van der Waals surface area contributed by atoms with E-state index in [1.54, 1.807) is 12.1 Å². The fourth-order valence-corrected chi connectivity index (χ4v) is 2.19. The van der Waals surface area contributed by atoms with Crippen molar-refractivity contribution in [3.05, 3.63) is 30.1 Å². The number of hydrogen-bond donors (Lipinski definition) is 2. The van der Waals surface area contributed by atoms with Gasteiger partial charge in [-0.15, -0.1) is 0 Å². The van der Waals surface area contributed by atoms with Crippen LogP contribution in [-0.4, -0.2) is 43.5 Å². The average molecular weight is 265 g/mol. The number of rotatable bonds is 5. The van der Waals surface area contributed by atoms with E-state index in [2.05, 4.69) is 15.5 Å². The number of nitrogens with one attached hydrogen (secondary N) is 2. The molecule has 19 heavy (non-hydrogen) atoms. The summed E-state index contributed by atoms with van der Waals surface area (Å²) in [6.45, 7) is 5.08. The van der Waals surface area contributed by atoms with E-state index >= 15 is 0 Å². The Balaban J connectivity index is 1.67. The zero-order chi connectivity index (χ0) is 13.5. The molecule has 1 saturated heterocycles. The molecule has 2 rings (SSSR count). The summed E-state index contributed by atoms with van der Waals surface area (Å²) in [5.74, 6) is -0.389. The van der Waals surface area contributed by atoms with Crippen molar-refractivity contribution in [1.82, 2.24) is 10.2 Å². The van der Waals surface area contributed by atoms with Crippen molar-refractivity contribution in [3.8, 4) is 0 Å². The summed E-state index contributed by atoms with van der Waals surface area (Å²) in [5, 5.41) is 6.01. The maximum Gasteiger partial charge on any atom is 0.224 e. The first kappa shape index (κ1) is 14.0. The van der Waals surface area contributed by atoms with E-state index in [1.165, 1.54) is 12.1 Å². The van der Waals surface area contributed by atoms with Crippen LogP contribution in [0.3, 0.4) is 0 Å². The summed E-state index contributed by atoms with van der Waals surface area (Å²) >= 11 is 0. The van der Waals surface area contributed by atoms with Crippen LogP contribution < -0.4 is 10.6 Å². The van der Waals surface area contributed by atoms with E-state index in [-0.39, 0.29) is 11.7 Å². The van der Waals surface area contributed by atoms with Crippen molar-refractivity contribution in [1.29, 1.82) is 0 Å². The van der Waals surface area contributed by atoms with Crippen LogP contribution in [0.5, 0.6) is 0 Å². The van der Waals surface area contributed by atoms with Crippen molar-refractivity contribution in [3.63, 3.8) is 0 Å². The quantitative estimate of drug-likeness (QED) is 0.847. The van der Waals surface area contributed by atoms with Crippen molar-refractivity contribution in [2.45, 2.75) is 12.8 Å².